The maximum atomic E-state index is 13.3. The molecule has 1 aromatic heterocycles. The fourth-order valence-corrected chi connectivity index (χ4v) is 4.17. The lowest BCUT2D eigenvalue weighted by Gasteiger charge is -2.24. The molecule has 2 unspecified atom stereocenters. The Kier molecular flexibility index (Phi) is 4.97. The highest BCUT2D eigenvalue weighted by atomic mass is 35.5. The molecular formula is C20H13ClFN3O3S. The number of ketones is 2. The molecule has 2 atom stereocenters. The Balaban J connectivity index is 1.84. The molecule has 1 fully saturated rings. The number of benzene rings is 2. The van der Waals surface area contributed by atoms with Crippen molar-refractivity contribution in [1.29, 1.82) is 0 Å². The Morgan fingerprint density at radius 1 is 1.07 bits per heavy atom. The fourth-order valence-electron chi connectivity index (χ4n) is 3.32. The van der Waals surface area contributed by atoms with Crippen LogP contribution in [0, 0.1) is 18.7 Å². The van der Waals surface area contributed by atoms with E-state index in [2.05, 4.69) is 10.2 Å². The summed E-state index contributed by atoms with van der Waals surface area (Å²) in [7, 11) is 0. The van der Waals surface area contributed by atoms with E-state index in [1.807, 2.05) is 0 Å². The molecule has 3 aromatic rings. The van der Waals surface area contributed by atoms with Crippen LogP contribution < -0.4 is 4.90 Å². The topological polar surface area (TPSA) is 80.2 Å². The summed E-state index contributed by atoms with van der Waals surface area (Å²) in [6, 6.07) is 10.5. The lowest BCUT2D eigenvalue weighted by molar-refractivity contribution is -0.135. The van der Waals surface area contributed by atoms with Crippen LogP contribution in [0.15, 0.2) is 48.5 Å². The van der Waals surface area contributed by atoms with Gasteiger partial charge < -0.3 is 0 Å². The van der Waals surface area contributed by atoms with Gasteiger partial charge in [0, 0.05) is 10.6 Å². The second-order valence-corrected chi connectivity index (χ2v) is 8.08. The number of Topliss-reactive ketones (excluding diaryl/α,β-unsaturated/α-hetero) is 2. The molecule has 0 N–H and O–H groups in total. The Morgan fingerprint density at radius 3 is 2.31 bits per heavy atom. The lowest BCUT2D eigenvalue weighted by Crippen LogP contribution is -2.30. The van der Waals surface area contributed by atoms with Crippen molar-refractivity contribution < 1.29 is 18.8 Å². The van der Waals surface area contributed by atoms with Crippen LogP contribution in [-0.4, -0.2) is 27.7 Å². The summed E-state index contributed by atoms with van der Waals surface area (Å²) in [5, 5.41) is 9.23. The zero-order valence-electron chi connectivity index (χ0n) is 15.0. The first-order valence-electron chi connectivity index (χ1n) is 8.59. The van der Waals surface area contributed by atoms with Crippen LogP contribution in [0.5, 0.6) is 0 Å². The minimum atomic E-state index is -1.29. The maximum Gasteiger partial charge on any atom is 0.297 e. The summed E-state index contributed by atoms with van der Waals surface area (Å²) in [5.41, 5.74) is 0.703. The van der Waals surface area contributed by atoms with Crippen molar-refractivity contribution in [2.45, 2.75) is 13.0 Å². The third kappa shape index (κ3) is 3.45. The smallest absolute Gasteiger partial charge is 0.293 e. The van der Waals surface area contributed by atoms with Crippen LogP contribution >= 0.6 is 22.9 Å². The molecule has 1 saturated heterocycles. The molecule has 1 aliphatic rings. The zero-order chi connectivity index (χ0) is 20.7. The molecule has 0 aliphatic carbocycles. The number of halogens is 2. The van der Waals surface area contributed by atoms with E-state index in [0.717, 1.165) is 23.5 Å². The largest absolute Gasteiger partial charge is 0.297 e. The minimum absolute atomic E-state index is 0.145. The van der Waals surface area contributed by atoms with Crippen molar-refractivity contribution in [3.05, 3.63) is 75.5 Å². The molecule has 0 bridgehead atoms. The van der Waals surface area contributed by atoms with Gasteiger partial charge in [0.05, 0.1) is 6.04 Å². The van der Waals surface area contributed by atoms with E-state index < -0.39 is 35.3 Å². The van der Waals surface area contributed by atoms with E-state index in [-0.39, 0.29) is 10.7 Å². The van der Waals surface area contributed by atoms with Gasteiger partial charge in [-0.3, -0.25) is 19.3 Å². The fraction of sp³-hybridized carbons (Fsp3) is 0.150. The molecule has 0 radical (unpaired) electrons. The first-order chi connectivity index (χ1) is 13.9. The predicted octanol–water partition coefficient (Wildman–Crippen LogP) is 3.80. The first kappa shape index (κ1) is 19.4. The molecular weight excluding hydrogens is 417 g/mol. The number of anilines is 1. The molecule has 9 heteroatoms. The second-order valence-electron chi connectivity index (χ2n) is 6.49. The maximum absolute atomic E-state index is 13.3. The molecule has 0 spiro atoms. The Morgan fingerprint density at radius 2 is 1.72 bits per heavy atom. The van der Waals surface area contributed by atoms with Gasteiger partial charge in [-0.05, 0) is 48.9 Å². The molecule has 4 rings (SSSR count). The summed E-state index contributed by atoms with van der Waals surface area (Å²) in [6.07, 6.45) is 0. The molecule has 0 saturated carbocycles. The number of nitrogens with zero attached hydrogens (tertiary/aromatic N) is 3. The Bertz CT molecular complexity index is 1110. The van der Waals surface area contributed by atoms with Crippen molar-refractivity contribution in [3.8, 4) is 0 Å². The standard InChI is InChI=1S/C20H13ClFN3O3S/c1-10-23-24-20(29-10)25-16(11-2-6-13(21)7-3-11)15(18(27)19(25)28)17(26)12-4-8-14(22)9-5-12/h2-9,15-16H,1H3. The quantitative estimate of drug-likeness (QED) is 0.358. The van der Waals surface area contributed by atoms with E-state index in [9.17, 15) is 18.8 Å². The van der Waals surface area contributed by atoms with Gasteiger partial charge in [-0.1, -0.05) is 35.1 Å². The van der Waals surface area contributed by atoms with Gasteiger partial charge in [-0.25, -0.2) is 4.39 Å². The Hall–Kier alpha value is -2.97. The van der Waals surface area contributed by atoms with Crippen molar-refractivity contribution in [1.82, 2.24) is 10.2 Å². The average molecular weight is 430 g/mol. The number of rotatable bonds is 4. The highest BCUT2D eigenvalue weighted by Gasteiger charge is 2.53. The van der Waals surface area contributed by atoms with Crippen molar-refractivity contribution in [2.75, 3.05) is 4.90 Å². The Labute approximate surface area is 173 Å². The zero-order valence-corrected chi connectivity index (χ0v) is 16.6. The second kappa shape index (κ2) is 7.46. The summed E-state index contributed by atoms with van der Waals surface area (Å²) >= 11 is 7.12. The summed E-state index contributed by atoms with van der Waals surface area (Å²) in [4.78, 5) is 40.1. The van der Waals surface area contributed by atoms with E-state index in [4.69, 9.17) is 11.6 Å². The van der Waals surface area contributed by atoms with Crippen LogP contribution in [0.3, 0.4) is 0 Å². The first-order valence-corrected chi connectivity index (χ1v) is 9.79. The van der Waals surface area contributed by atoms with Crippen LogP contribution in [0.4, 0.5) is 9.52 Å². The van der Waals surface area contributed by atoms with E-state index >= 15 is 0 Å². The average Bonchev–Trinajstić information content (AvgIpc) is 3.24. The summed E-state index contributed by atoms with van der Waals surface area (Å²) in [5.74, 6) is -4.03. The van der Waals surface area contributed by atoms with E-state index in [1.54, 1.807) is 31.2 Å². The van der Waals surface area contributed by atoms with Gasteiger partial charge in [0.1, 0.15) is 16.7 Å². The molecule has 146 valence electrons. The van der Waals surface area contributed by atoms with Crippen LogP contribution in [0.2, 0.25) is 5.02 Å². The van der Waals surface area contributed by atoms with Gasteiger partial charge in [-0.15, -0.1) is 10.2 Å². The van der Waals surface area contributed by atoms with Crippen LogP contribution in [0.25, 0.3) is 0 Å². The number of hydrogen-bond donors (Lipinski definition) is 0. The monoisotopic (exact) mass is 429 g/mol. The predicted molar refractivity (Wildman–Crippen MR) is 106 cm³/mol. The highest BCUT2D eigenvalue weighted by Crippen LogP contribution is 2.42. The molecule has 6 nitrogen and oxygen atoms in total. The van der Waals surface area contributed by atoms with Gasteiger partial charge in [-0.2, -0.15) is 0 Å². The normalized spacial score (nSPS) is 19.1. The van der Waals surface area contributed by atoms with Crippen molar-refractivity contribution >= 4 is 45.5 Å². The number of hydrogen-bond acceptors (Lipinski definition) is 6. The van der Waals surface area contributed by atoms with Gasteiger partial charge in [0.15, 0.2) is 5.78 Å². The molecule has 2 aromatic carbocycles. The summed E-state index contributed by atoms with van der Waals surface area (Å²) < 4.78 is 13.3. The summed E-state index contributed by atoms with van der Waals surface area (Å²) in [6.45, 7) is 1.72. The number of aromatic nitrogens is 2. The minimum Gasteiger partial charge on any atom is -0.293 e. The SMILES string of the molecule is Cc1nnc(N2C(=O)C(=O)C(C(=O)c3ccc(F)cc3)C2c2ccc(Cl)cc2)s1. The van der Waals surface area contributed by atoms with E-state index in [0.29, 0.717) is 15.6 Å². The third-order valence-electron chi connectivity index (χ3n) is 4.65. The molecule has 29 heavy (non-hydrogen) atoms. The molecule has 1 amide bonds. The lowest BCUT2D eigenvalue weighted by atomic mass is 9.86. The van der Waals surface area contributed by atoms with Gasteiger partial charge >= 0.3 is 0 Å². The molecule has 2 heterocycles. The van der Waals surface area contributed by atoms with E-state index in [1.165, 1.54) is 17.0 Å². The highest BCUT2D eigenvalue weighted by molar-refractivity contribution is 7.15. The number of carbonyl (C=O) groups excluding carboxylic acids is 3. The van der Waals surface area contributed by atoms with Crippen LogP contribution in [-0.2, 0) is 9.59 Å². The number of aryl methyl sites for hydroxylation is 1. The van der Waals surface area contributed by atoms with Gasteiger partial charge in [0.2, 0.25) is 10.9 Å². The van der Waals surface area contributed by atoms with Crippen molar-refractivity contribution in [2.24, 2.45) is 5.92 Å². The number of carbonyl (C=O) groups is 3. The van der Waals surface area contributed by atoms with Crippen molar-refractivity contribution in [3.63, 3.8) is 0 Å². The van der Waals surface area contributed by atoms with Gasteiger partial charge in [0.25, 0.3) is 5.91 Å². The third-order valence-corrected chi connectivity index (χ3v) is 5.74. The van der Waals surface area contributed by atoms with Crippen LogP contribution in [0.1, 0.15) is 27.0 Å². The number of amides is 1. The molecule has 1 aliphatic heterocycles.